The average molecular weight is 461 g/mol. The monoisotopic (exact) mass is 460 g/mol. The van der Waals surface area contributed by atoms with Crippen molar-refractivity contribution in [2.45, 2.75) is 6.42 Å². The van der Waals surface area contributed by atoms with Gasteiger partial charge in [-0.2, -0.15) is 13.1 Å². The summed E-state index contributed by atoms with van der Waals surface area (Å²) >= 11 is 6.23. The third-order valence-electron chi connectivity index (χ3n) is 4.76. The lowest BCUT2D eigenvalue weighted by Gasteiger charge is -2.28. The summed E-state index contributed by atoms with van der Waals surface area (Å²) < 4.78 is 41.2. The first-order valence-corrected chi connectivity index (χ1v) is 11.3. The lowest BCUT2D eigenvalue weighted by atomic mass is 10.1. The fourth-order valence-corrected chi connectivity index (χ4v) is 4.75. The van der Waals surface area contributed by atoms with Crippen LogP contribution in [0.1, 0.15) is 16.8 Å². The molecule has 31 heavy (non-hydrogen) atoms. The van der Waals surface area contributed by atoms with Crippen LogP contribution < -0.4 is 14.3 Å². The highest BCUT2D eigenvalue weighted by atomic mass is 35.5. The van der Waals surface area contributed by atoms with Gasteiger partial charge >= 0.3 is 10.2 Å². The van der Waals surface area contributed by atoms with Crippen molar-refractivity contribution in [3.63, 3.8) is 0 Å². The molecule has 0 atom stereocenters. The Labute approximate surface area is 184 Å². The zero-order valence-electron chi connectivity index (χ0n) is 16.2. The van der Waals surface area contributed by atoms with E-state index >= 15 is 0 Å². The van der Waals surface area contributed by atoms with Crippen molar-refractivity contribution >= 4 is 39.1 Å². The zero-order valence-corrected chi connectivity index (χ0v) is 17.8. The number of carbonyl (C=O) groups is 1. The molecule has 0 saturated carbocycles. The van der Waals surface area contributed by atoms with Gasteiger partial charge in [-0.05, 0) is 61.0 Å². The zero-order chi connectivity index (χ0) is 22.0. The van der Waals surface area contributed by atoms with Crippen LogP contribution >= 0.6 is 11.6 Å². The molecule has 0 bridgehead atoms. The van der Waals surface area contributed by atoms with E-state index < -0.39 is 16.0 Å². The lowest BCUT2D eigenvalue weighted by molar-refractivity contribution is 0.102. The Bertz CT molecular complexity index is 1220. The molecule has 1 aromatic heterocycles. The van der Waals surface area contributed by atoms with E-state index in [0.717, 1.165) is 6.20 Å². The molecule has 3 aromatic rings. The summed E-state index contributed by atoms with van der Waals surface area (Å²) in [5.74, 6) is -0.826. The number of pyridine rings is 1. The van der Waals surface area contributed by atoms with Crippen molar-refractivity contribution < 1.29 is 17.6 Å². The van der Waals surface area contributed by atoms with E-state index in [1.54, 1.807) is 42.5 Å². The average Bonchev–Trinajstić information content (AvgIpc) is 2.75. The van der Waals surface area contributed by atoms with Gasteiger partial charge in [-0.1, -0.05) is 11.6 Å². The fourth-order valence-electron chi connectivity index (χ4n) is 3.21. The van der Waals surface area contributed by atoms with Crippen molar-refractivity contribution in [1.82, 2.24) is 9.71 Å². The summed E-state index contributed by atoms with van der Waals surface area (Å²) in [6.45, 7) is 0.793. The molecule has 2 heterocycles. The van der Waals surface area contributed by atoms with Crippen LogP contribution in [0, 0.1) is 5.82 Å². The molecule has 1 amide bonds. The number of hydrogen-bond donors (Lipinski definition) is 2. The molecule has 1 saturated heterocycles. The molecule has 1 aliphatic rings. The molecule has 7 nitrogen and oxygen atoms in total. The highest BCUT2D eigenvalue weighted by Crippen LogP contribution is 2.30. The van der Waals surface area contributed by atoms with Gasteiger partial charge in [0.2, 0.25) is 0 Å². The topological polar surface area (TPSA) is 91.4 Å². The van der Waals surface area contributed by atoms with Crippen LogP contribution in [0.15, 0.2) is 60.8 Å². The van der Waals surface area contributed by atoms with Crippen LogP contribution in [-0.2, 0) is 10.2 Å². The minimum Gasteiger partial charge on any atom is -0.322 e. The third-order valence-corrected chi connectivity index (χ3v) is 6.63. The molecule has 0 spiro atoms. The smallest absolute Gasteiger partial charge is 0.301 e. The predicted molar refractivity (Wildman–Crippen MR) is 118 cm³/mol. The van der Waals surface area contributed by atoms with Gasteiger partial charge in [-0.3, -0.25) is 14.1 Å². The molecule has 0 radical (unpaired) electrons. The van der Waals surface area contributed by atoms with E-state index in [1.165, 1.54) is 16.4 Å². The van der Waals surface area contributed by atoms with E-state index in [4.69, 9.17) is 11.6 Å². The standard InChI is InChI=1S/C21H18ClFN4O3S/c22-19-8-5-16(12-18(19)20-9-4-15(23)13-24-20)26-21(28)14-2-6-17(7-3-14)27-11-1-10-25-31(27,29)30/h2-9,12-13,25H,1,10-11H2,(H,26,28). The van der Waals surface area contributed by atoms with Gasteiger partial charge in [0.1, 0.15) is 5.82 Å². The van der Waals surface area contributed by atoms with Gasteiger partial charge < -0.3 is 5.32 Å². The highest BCUT2D eigenvalue weighted by molar-refractivity contribution is 7.90. The quantitative estimate of drug-likeness (QED) is 0.619. The second-order valence-corrected chi connectivity index (χ2v) is 8.97. The van der Waals surface area contributed by atoms with Crippen molar-refractivity contribution in [3.8, 4) is 11.3 Å². The molecule has 2 N–H and O–H groups in total. The molecule has 10 heteroatoms. The second kappa shape index (κ2) is 8.62. The molecule has 1 aliphatic heterocycles. The Balaban J connectivity index is 1.52. The van der Waals surface area contributed by atoms with Crippen molar-refractivity contribution in [1.29, 1.82) is 0 Å². The van der Waals surface area contributed by atoms with Crippen molar-refractivity contribution in [3.05, 3.63) is 77.2 Å². The number of amides is 1. The maximum absolute atomic E-state index is 13.1. The van der Waals surface area contributed by atoms with E-state index in [2.05, 4.69) is 15.0 Å². The molecule has 4 rings (SSSR count). The highest BCUT2D eigenvalue weighted by Gasteiger charge is 2.25. The maximum atomic E-state index is 13.1. The largest absolute Gasteiger partial charge is 0.322 e. The number of nitrogens with zero attached hydrogens (tertiary/aromatic N) is 2. The normalized spacial score (nSPS) is 15.5. The van der Waals surface area contributed by atoms with Gasteiger partial charge in [0.25, 0.3) is 5.91 Å². The number of hydrogen-bond acceptors (Lipinski definition) is 4. The van der Waals surface area contributed by atoms with Gasteiger partial charge in [0, 0.05) is 29.9 Å². The number of benzene rings is 2. The van der Waals surface area contributed by atoms with Gasteiger partial charge in [0.15, 0.2) is 0 Å². The van der Waals surface area contributed by atoms with E-state index in [-0.39, 0.29) is 5.91 Å². The van der Waals surface area contributed by atoms with Crippen molar-refractivity contribution in [2.24, 2.45) is 0 Å². The Morgan fingerprint density at radius 3 is 2.58 bits per heavy atom. The number of nitrogens with one attached hydrogen (secondary N) is 2. The minimum absolute atomic E-state index is 0.363. The summed E-state index contributed by atoms with van der Waals surface area (Å²) in [4.78, 5) is 16.7. The maximum Gasteiger partial charge on any atom is 0.301 e. The van der Waals surface area contributed by atoms with E-state index in [0.29, 0.717) is 52.7 Å². The summed E-state index contributed by atoms with van der Waals surface area (Å²) in [5, 5.41) is 3.19. The summed E-state index contributed by atoms with van der Waals surface area (Å²) in [6, 6.07) is 14.0. The van der Waals surface area contributed by atoms with Gasteiger partial charge in [-0.15, -0.1) is 0 Å². The third kappa shape index (κ3) is 4.68. The van der Waals surface area contributed by atoms with Gasteiger partial charge in [0.05, 0.1) is 22.6 Å². The summed E-state index contributed by atoms with van der Waals surface area (Å²) in [7, 11) is -3.56. The van der Waals surface area contributed by atoms with Gasteiger partial charge in [-0.25, -0.2) is 4.39 Å². The van der Waals surface area contributed by atoms with E-state index in [9.17, 15) is 17.6 Å². The van der Waals surface area contributed by atoms with Crippen LogP contribution in [-0.4, -0.2) is 32.4 Å². The number of anilines is 2. The number of carbonyl (C=O) groups excluding carboxylic acids is 1. The molecular weight excluding hydrogens is 443 g/mol. The van der Waals surface area contributed by atoms with Crippen LogP contribution in [0.25, 0.3) is 11.3 Å². The first-order valence-electron chi connectivity index (χ1n) is 9.44. The minimum atomic E-state index is -3.56. The number of aromatic nitrogens is 1. The SMILES string of the molecule is O=C(Nc1ccc(Cl)c(-c2ccc(F)cn2)c1)c1ccc(N2CCCNS2(=O)=O)cc1. The van der Waals surface area contributed by atoms with Crippen molar-refractivity contribution in [2.75, 3.05) is 22.7 Å². The van der Waals surface area contributed by atoms with Crippen LogP contribution in [0.4, 0.5) is 15.8 Å². The Hall–Kier alpha value is -3.01. The lowest BCUT2D eigenvalue weighted by Crippen LogP contribution is -2.47. The fraction of sp³-hybridized carbons (Fsp3) is 0.143. The predicted octanol–water partition coefficient (Wildman–Crippen LogP) is 3.84. The molecule has 0 unspecified atom stereocenters. The summed E-state index contributed by atoms with van der Waals surface area (Å²) in [6.07, 6.45) is 1.79. The van der Waals surface area contributed by atoms with Crippen LogP contribution in [0.3, 0.4) is 0 Å². The molecular formula is C21H18ClFN4O3S. The Morgan fingerprint density at radius 2 is 1.90 bits per heavy atom. The first-order chi connectivity index (χ1) is 14.8. The summed E-state index contributed by atoms with van der Waals surface area (Å²) in [5.41, 5.74) is 2.37. The first kappa shape index (κ1) is 21.2. The molecule has 1 fully saturated rings. The number of rotatable bonds is 4. The van der Waals surface area contributed by atoms with E-state index in [1.807, 2.05) is 0 Å². The number of halogens is 2. The second-order valence-electron chi connectivity index (χ2n) is 6.88. The molecule has 0 aliphatic carbocycles. The Kier molecular flexibility index (Phi) is 5.90. The van der Waals surface area contributed by atoms with Crippen LogP contribution in [0.5, 0.6) is 0 Å². The van der Waals surface area contributed by atoms with Crippen LogP contribution in [0.2, 0.25) is 5.02 Å². The molecule has 160 valence electrons. The Morgan fingerprint density at radius 1 is 1.13 bits per heavy atom. The molecule has 2 aromatic carbocycles.